The normalized spacial score (nSPS) is 16.9. The van der Waals surface area contributed by atoms with Crippen LogP contribution in [0.1, 0.15) is 29.9 Å². The molecule has 1 fully saturated rings. The van der Waals surface area contributed by atoms with E-state index in [0.29, 0.717) is 5.92 Å². The van der Waals surface area contributed by atoms with Crippen LogP contribution in [0.4, 0.5) is 0 Å². The molecule has 2 rings (SSSR count). The Kier molecular flexibility index (Phi) is 2.04. The predicted octanol–water partition coefficient (Wildman–Crippen LogP) is 1.38. The molecule has 1 N–H and O–H groups in total. The van der Waals surface area contributed by atoms with Gasteiger partial charge in [-0.2, -0.15) is 0 Å². The summed E-state index contributed by atoms with van der Waals surface area (Å²) in [6, 6.07) is 0. The Morgan fingerprint density at radius 1 is 1.69 bits per heavy atom. The van der Waals surface area contributed by atoms with E-state index in [9.17, 15) is 4.79 Å². The average Bonchev–Trinajstić information content (AvgIpc) is 2.44. The van der Waals surface area contributed by atoms with E-state index in [1.54, 1.807) is 17.0 Å². The van der Waals surface area contributed by atoms with Crippen molar-refractivity contribution >= 4 is 5.97 Å². The first kappa shape index (κ1) is 8.29. The molecule has 4 heteroatoms. The Hall–Kier alpha value is -1.32. The van der Waals surface area contributed by atoms with Crippen molar-refractivity contribution < 1.29 is 9.90 Å². The molecule has 0 amide bonds. The van der Waals surface area contributed by atoms with Crippen LogP contribution in [0.25, 0.3) is 0 Å². The number of imidazole rings is 1. The summed E-state index contributed by atoms with van der Waals surface area (Å²) in [4.78, 5) is 14.5. The van der Waals surface area contributed by atoms with Gasteiger partial charge >= 0.3 is 5.97 Å². The molecule has 0 radical (unpaired) electrons. The summed E-state index contributed by atoms with van der Waals surface area (Å²) in [5, 5.41) is 8.77. The van der Waals surface area contributed by atoms with Crippen LogP contribution in [-0.4, -0.2) is 20.6 Å². The van der Waals surface area contributed by atoms with Gasteiger partial charge < -0.3 is 9.67 Å². The third kappa shape index (κ3) is 1.56. The van der Waals surface area contributed by atoms with Crippen molar-refractivity contribution in [1.29, 1.82) is 0 Å². The Morgan fingerprint density at radius 2 is 2.46 bits per heavy atom. The summed E-state index contributed by atoms with van der Waals surface area (Å²) < 4.78 is 1.73. The minimum atomic E-state index is -0.940. The van der Waals surface area contributed by atoms with Crippen LogP contribution >= 0.6 is 0 Å². The van der Waals surface area contributed by atoms with Crippen LogP contribution in [0.5, 0.6) is 0 Å². The number of aromatic carboxylic acids is 1. The number of carbonyl (C=O) groups is 1. The molecular formula is C9H12N2O2. The van der Waals surface area contributed by atoms with Crippen LogP contribution < -0.4 is 0 Å². The predicted molar refractivity (Wildman–Crippen MR) is 46.5 cm³/mol. The lowest BCUT2D eigenvalue weighted by atomic mass is 9.85. The summed E-state index contributed by atoms with van der Waals surface area (Å²) >= 11 is 0. The molecule has 1 aromatic rings. The highest BCUT2D eigenvalue weighted by atomic mass is 16.4. The van der Waals surface area contributed by atoms with Crippen molar-refractivity contribution in [3.05, 3.63) is 18.2 Å². The number of hydrogen-bond acceptors (Lipinski definition) is 2. The van der Waals surface area contributed by atoms with Crippen molar-refractivity contribution in [2.24, 2.45) is 5.92 Å². The molecule has 0 spiro atoms. The van der Waals surface area contributed by atoms with E-state index >= 15 is 0 Å². The number of carboxylic acids is 1. The molecule has 0 aliphatic heterocycles. The van der Waals surface area contributed by atoms with E-state index in [0.717, 1.165) is 6.54 Å². The zero-order valence-corrected chi connectivity index (χ0v) is 7.31. The van der Waals surface area contributed by atoms with Crippen molar-refractivity contribution in [3.8, 4) is 0 Å². The lowest BCUT2D eigenvalue weighted by Gasteiger charge is -2.25. The van der Waals surface area contributed by atoms with Gasteiger partial charge in [0, 0.05) is 18.9 Å². The van der Waals surface area contributed by atoms with Gasteiger partial charge in [0.05, 0.1) is 0 Å². The minimum absolute atomic E-state index is 0.159. The lowest BCUT2D eigenvalue weighted by molar-refractivity contribution is 0.0675. The van der Waals surface area contributed by atoms with E-state index in [-0.39, 0.29) is 5.82 Å². The average molecular weight is 180 g/mol. The van der Waals surface area contributed by atoms with Gasteiger partial charge in [-0.1, -0.05) is 6.42 Å². The van der Waals surface area contributed by atoms with E-state index in [2.05, 4.69) is 4.98 Å². The van der Waals surface area contributed by atoms with Crippen LogP contribution in [0, 0.1) is 5.92 Å². The first-order chi connectivity index (χ1) is 6.27. The summed E-state index contributed by atoms with van der Waals surface area (Å²) in [5.74, 6) is -0.122. The fraction of sp³-hybridized carbons (Fsp3) is 0.556. The van der Waals surface area contributed by atoms with E-state index in [1.165, 1.54) is 19.3 Å². The molecule has 0 atom stereocenters. The maximum atomic E-state index is 10.7. The first-order valence-corrected chi connectivity index (χ1v) is 4.52. The molecule has 4 nitrogen and oxygen atoms in total. The second kappa shape index (κ2) is 3.20. The second-order valence-corrected chi connectivity index (χ2v) is 3.51. The van der Waals surface area contributed by atoms with Gasteiger partial charge in [-0.3, -0.25) is 0 Å². The van der Waals surface area contributed by atoms with Gasteiger partial charge in [-0.15, -0.1) is 0 Å². The zero-order chi connectivity index (χ0) is 9.26. The minimum Gasteiger partial charge on any atom is -0.475 e. The summed E-state index contributed by atoms with van der Waals surface area (Å²) in [5.41, 5.74) is 0. The third-order valence-electron chi connectivity index (χ3n) is 2.59. The van der Waals surface area contributed by atoms with Crippen LogP contribution in [-0.2, 0) is 6.54 Å². The monoisotopic (exact) mass is 180 g/mol. The summed E-state index contributed by atoms with van der Waals surface area (Å²) in [6.07, 6.45) is 7.00. The first-order valence-electron chi connectivity index (χ1n) is 4.52. The van der Waals surface area contributed by atoms with E-state index < -0.39 is 5.97 Å². The van der Waals surface area contributed by atoms with Crippen molar-refractivity contribution in [1.82, 2.24) is 9.55 Å². The Labute approximate surface area is 76.2 Å². The highest BCUT2D eigenvalue weighted by molar-refractivity contribution is 5.83. The van der Waals surface area contributed by atoms with E-state index in [4.69, 9.17) is 5.11 Å². The van der Waals surface area contributed by atoms with Gasteiger partial charge in [0.1, 0.15) is 0 Å². The quantitative estimate of drug-likeness (QED) is 0.764. The van der Waals surface area contributed by atoms with Gasteiger partial charge in [-0.25, -0.2) is 9.78 Å². The molecule has 13 heavy (non-hydrogen) atoms. The summed E-state index contributed by atoms with van der Waals surface area (Å²) in [7, 11) is 0. The number of aromatic nitrogens is 2. The van der Waals surface area contributed by atoms with Crippen molar-refractivity contribution in [3.63, 3.8) is 0 Å². The topological polar surface area (TPSA) is 55.1 Å². The Morgan fingerprint density at radius 3 is 3.00 bits per heavy atom. The van der Waals surface area contributed by atoms with E-state index in [1.807, 2.05) is 0 Å². The van der Waals surface area contributed by atoms with Crippen LogP contribution in [0.3, 0.4) is 0 Å². The van der Waals surface area contributed by atoms with Crippen molar-refractivity contribution in [2.45, 2.75) is 25.8 Å². The molecule has 70 valence electrons. The highest BCUT2D eigenvalue weighted by Crippen LogP contribution is 2.27. The van der Waals surface area contributed by atoms with Crippen LogP contribution in [0.15, 0.2) is 12.4 Å². The molecular weight excluding hydrogens is 168 g/mol. The van der Waals surface area contributed by atoms with Gasteiger partial charge in [0.25, 0.3) is 0 Å². The van der Waals surface area contributed by atoms with Gasteiger partial charge in [0.15, 0.2) is 0 Å². The SMILES string of the molecule is O=C(O)c1nccn1CC1CCC1. The molecule has 0 saturated heterocycles. The Bertz CT molecular complexity index is 315. The molecule has 0 aromatic carbocycles. The zero-order valence-electron chi connectivity index (χ0n) is 7.31. The molecule has 1 aromatic heterocycles. The largest absolute Gasteiger partial charge is 0.475 e. The fourth-order valence-corrected chi connectivity index (χ4v) is 1.61. The molecule has 1 heterocycles. The molecule has 0 unspecified atom stereocenters. The maximum Gasteiger partial charge on any atom is 0.372 e. The van der Waals surface area contributed by atoms with Crippen LogP contribution in [0.2, 0.25) is 0 Å². The molecule has 1 aliphatic rings. The number of rotatable bonds is 3. The summed E-state index contributed by atoms with van der Waals surface area (Å²) in [6.45, 7) is 0.807. The third-order valence-corrected chi connectivity index (χ3v) is 2.59. The molecule has 0 bridgehead atoms. The standard InChI is InChI=1S/C9H12N2O2/c12-9(13)8-10-4-5-11(8)6-7-2-1-3-7/h4-5,7H,1-3,6H2,(H,12,13). The molecule has 1 aliphatic carbocycles. The van der Waals surface area contributed by atoms with Gasteiger partial charge in [0.2, 0.25) is 5.82 Å². The number of nitrogens with zero attached hydrogens (tertiary/aromatic N) is 2. The second-order valence-electron chi connectivity index (χ2n) is 3.51. The fourth-order valence-electron chi connectivity index (χ4n) is 1.61. The smallest absolute Gasteiger partial charge is 0.372 e. The van der Waals surface area contributed by atoms with Gasteiger partial charge in [-0.05, 0) is 18.8 Å². The lowest BCUT2D eigenvalue weighted by Crippen LogP contribution is -2.20. The maximum absolute atomic E-state index is 10.7. The number of carboxylic acid groups (broad SMARTS) is 1. The van der Waals surface area contributed by atoms with Crippen molar-refractivity contribution in [2.75, 3.05) is 0 Å². The number of hydrogen-bond donors (Lipinski definition) is 1. The molecule has 1 saturated carbocycles. The highest BCUT2D eigenvalue weighted by Gasteiger charge is 2.20. The Balaban J connectivity index is 2.09.